The number of hydrogen-bond acceptors (Lipinski definition) is 1. The molecule has 0 atom stereocenters. The van der Waals surface area contributed by atoms with Gasteiger partial charge in [0.15, 0.2) is 0 Å². The molecule has 0 saturated heterocycles. The molecule has 2 heteroatoms. The molecule has 1 heterocycles. The third kappa shape index (κ3) is 2.43. The van der Waals surface area contributed by atoms with Crippen LogP contribution in [0.2, 0.25) is 0 Å². The van der Waals surface area contributed by atoms with Gasteiger partial charge in [-0.1, -0.05) is 30.3 Å². The van der Waals surface area contributed by atoms with Crippen LogP contribution in [0.3, 0.4) is 0 Å². The number of carbonyl (C=O) groups is 1. The molecule has 2 aromatic carbocycles. The average molecular weight is 291 g/mol. The van der Waals surface area contributed by atoms with Crippen LogP contribution in [0.25, 0.3) is 0 Å². The van der Waals surface area contributed by atoms with Crippen LogP contribution in [0.5, 0.6) is 0 Å². The third-order valence-electron chi connectivity index (χ3n) is 5.01. The molecule has 0 fully saturated rings. The van der Waals surface area contributed by atoms with E-state index in [1.54, 1.807) is 0 Å². The molecule has 1 amide bonds. The van der Waals surface area contributed by atoms with E-state index in [1.807, 2.05) is 11.0 Å². The second-order valence-electron chi connectivity index (χ2n) is 6.44. The minimum atomic E-state index is 0.183. The van der Waals surface area contributed by atoms with Gasteiger partial charge in [-0.15, -0.1) is 0 Å². The topological polar surface area (TPSA) is 20.3 Å². The van der Waals surface area contributed by atoms with E-state index in [4.69, 9.17) is 0 Å². The van der Waals surface area contributed by atoms with E-state index in [1.165, 1.54) is 41.5 Å². The van der Waals surface area contributed by atoms with E-state index in [-0.39, 0.29) is 5.91 Å². The molecule has 0 N–H and O–H groups in total. The minimum Gasteiger partial charge on any atom is -0.334 e. The summed E-state index contributed by atoms with van der Waals surface area (Å²) >= 11 is 0. The van der Waals surface area contributed by atoms with E-state index in [0.29, 0.717) is 0 Å². The summed E-state index contributed by atoms with van der Waals surface area (Å²) in [6.07, 6.45) is 5.79. The highest BCUT2D eigenvalue weighted by atomic mass is 16.2. The van der Waals surface area contributed by atoms with Gasteiger partial charge in [-0.25, -0.2) is 0 Å². The Balaban J connectivity index is 1.58. The zero-order valence-electron chi connectivity index (χ0n) is 12.8. The lowest BCUT2D eigenvalue weighted by atomic mass is 9.90. The SMILES string of the molecule is O=C(c1ccc2c(c1)CCCC2)N1CCc2ccccc2C1. The maximum absolute atomic E-state index is 12.8. The first-order valence-electron chi connectivity index (χ1n) is 8.29. The molecule has 0 saturated carbocycles. The van der Waals surface area contributed by atoms with E-state index < -0.39 is 0 Å². The van der Waals surface area contributed by atoms with Crippen LogP contribution < -0.4 is 0 Å². The fraction of sp³-hybridized carbons (Fsp3) is 0.350. The maximum atomic E-state index is 12.8. The zero-order chi connectivity index (χ0) is 14.9. The lowest BCUT2D eigenvalue weighted by Crippen LogP contribution is -2.36. The van der Waals surface area contributed by atoms with Gasteiger partial charge in [-0.3, -0.25) is 4.79 Å². The maximum Gasteiger partial charge on any atom is 0.254 e. The van der Waals surface area contributed by atoms with Gasteiger partial charge in [0.25, 0.3) is 5.91 Å². The smallest absolute Gasteiger partial charge is 0.254 e. The van der Waals surface area contributed by atoms with Crippen molar-refractivity contribution in [2.24, 2.45) is 0 Å². The van der Waals surface area contributed by atoms with Crippen molar-refractivity contribution in [3.05, 3.63) is 70.3 Å². The summed E-state index contributed by atoms with van der Waals surface area (Å²) in [6, 6.07) is 14.8. The fourth-order valence-corrected chi connectivity index (χ4v) is 3.72. The number of amides is 1. The summed E-state index contributed by atoms with van der Waals surface area (Å²) in [5, 5.41) is 0. The molecule has 0 spiro atoms. The lowest BCUT2D eigenvalue weighted by Gasteiger charge is -2.29. The Morgan fingerprint density at radius 2 is 1.55 bits per heavy atom. The van der Waals surface area contributed by atoms with Crippen LogP contribution in [0.15, 0.2) is 42.5 Å². The predicted octanol–water partition coefficient (Wildman–Crippen LogP) is 3.76. The molecule has 0 bridgehead atoms. The van der Waals surface area contributed by atoms with Crippen LogP contribution in [-0.4, -0.2) is 17.4 Å². The summed E-state index contributed by atoms with van der Waals surface area (Å²) in [5.41, 5.74) is 6.36. The second kappa shape index (κ2) is 5.60. The molecule has 112 valence electrons. The summed E-state index contributed by atoms with van der Waals surface area (Å²) in [7, 11) is 0. The number of benzene rings is 2. The van der Waals surface area contributed by atoms with Crippen molar-refractivity contribution in [3.63, 3.8) is 0 Å². The summed E-state index contributed by atoms with van der Waals surface area (Å²) in [5.74, 6) is 0.183. The molecule has 2 aromatic rings. The van der Waals surface area contributed by atoms with Crippen molar-refractivity contribution >= 4 is 5.91 Å². The molecule has 22 heavy (non-hydrogen) atoms. The zero-order valence-corrected chi connectivity index (χ0v) is 12.8. The van der Waals surface area contributed by atoms with Crippen molar-refractivity contribution in [2.45, 2.75) is 38.6 Å². The molecule has 4 rings (SSSR count). The number of nitrogens with zero attached hydrogens (tertiary/aromatic N) is 1. The van der Waals surface area contributed by atoms with Crippen LogP contribution in [-0.2, 0) is 25.8 Å². The van der Waals surface area contributed by atoms with Gasteiger partial charge < -0.3 is 4.90 Å². The van der Waals surface area contributed by atoms with E-state index >= 15 is 0 Å². The van der Waals surface area contributed by atoms with Gasteiger partial charge in [-0.2, -0.15) is 0 Å². The largest absolute Gasteiger partial charge is 0.334 e. The average Bonchev–Trinajstić information content (AvgIpc) is 2.60. The van der Waals surface area contributed by atoms with Crippen LogP contribution >= 0.6 is 0 Å². The fourth-order valence-electron chi connectivity index (χ4n) is 3.72. The Hall–Kier alpha value is -2.09. The first-order chi connectivity index (χ1) is 10.8. The molecule has 0 aromatic heterocycles. The minimum absolute atomic E-state index is 0.183. The van der Waals surface area contributed by atoms with E-state index in [0.717, 1.165) is 31.5 Å². The monoisotopic (exact) mass is 291 g/mol. The van der Waals surface area contributed by atoms with Crippen LogP contribution in [0.4, 0.5) is 0 Å². The molecule has 1 aliphatic heterocycles. The van der Waals surface area contributed by atoms with Crippen LogP contribution in [0.1, 0.15) is 45.5 Å². The molecule has 0 unspecified atom stereocenters. The summed E-state index contributed by atoms with van der Waals surface area (Å²) in [4.78, 5) is 14.8. The first-order valence-corrected chi connectivity index (χ1v) is 8.29. The van der Waals surface area contributed by atoms with Gasteiger partial charge in [-0.05, 0) is 66.5 Å². The Bertz CT molecular complexity index is 719. The number of rotatable bonds is 1. The number of hydrogen-bond donors (Lipinski definition) is 0. The van der Waals surface area contributed by atoms with Gasteiger partial charge in [0.2, 0.25) is 0 Å². The van der Waals surface area contributed by atoms with Crippen molar-refractivity contribution in [3.8, 4) is 0 Å². The standard InChI is InChI=1S/C20H21NO/c22-20(18-10-9-15-5-1-3-7-17(15)13-18)21-12-11-16-6-2-4-8-19(16)14-21/h2,4,6,8-10,13H,1,3,5,7,11-12,14H2. The highest BCUT2D eigenvalue weighted by molar-refractivity contribution is 5.94. The lowest BCUT2D eigenvalue weighted by molar-refractivity contribution is 0.0734. The van der Waals surface area contributed by atoms with Gasteiger partial charge in [0.1, 0.15) is 0 Å². The Morgan fingerprint density at radius 1 is 0.818 bits per heavy atom. The Labute approximate surface area is 131 Å². The second-order valence-corrected chi connectivity index (χ2v) is 6.44. The number of carbonyl (C=O) groups excluding carboxylic acids is 1. The van der Waals surface area contributed by atoms with Crippen molar-refractivity contribution in [2.75, 3.05) is 6.54 Å². The Morgan fingerprint density at radius 3 is 2.41 bits per heavy atom. The van der Waals surface area contributed by atoms with Crippen molar-refractivity contribution < 1.29 is 4.79 Å². The molecular weight excluding hydrogens is 270 g/mol. The molecular formula is C20H21NO. The normalized spacial score (nSPS) is 16.8. The Kier molecular flexibility index (Phi) is 3.45. The number of aryl methyl sites for hydroxylation is 2. The highest BCUT2D eigenvalue weighted by Gasteiger charge is 2.22. The first kappa shape index (κ1) is 13.6. The van der Waals surface area contributed by atoms with E-state index in [9.17, 15) is 4.79 Å². The summed E-state index contributed by atoms with van der Waals surface area (Å²) in [6.45, 7) is 1.57. The predicted molar refractivity (Wildman–Crippen MR) is 88.0 cm³/mol. The van der Waals surface area contributed by atoms with Gasteiger partial charge in [0.05, 0.1) is 0 Å². The highest BCUT2D eigenvalue weighted by Crippen LogP contribution is 2.24. The molecule has 0 radical (unpaired) electrons. The van der Waals surface area contributed by atoms with Gasteiger partial charge in [0, 0.05) is 18.7 Å². The quantitative estimate of drug-likeness (QED) is 0.783. The van der Waals surface area contributed by atoms with E-state index in [2.05, 4.69) is 36.4 Å². The van der Waals surface area contributed by atoms with Crippen molar-refractivity contribution in [1.29, 1.82) is 0 Å². The van der Waals surface area contributed by atoms with Crippen LogP contribution in [0, 0.1) is 0 Å². The molecule has 1 aliphatic carbocycles. The number of fused-ring (bicyclic) bond motifs is 2. The molecule has 2 nitrogen and oxygen atoms in total. The van der Waals surface area contributed by atoms with Crippen molar-refractivity contribution in [1.82, 2.24) is 4.90 Å². The third-order valence-corrected chi connectivity index (χ3v) is 5.01. The summed E-state index contributed by atoms with van der Waals surface area (Å²) < 4.78 is 0. The molecule has 2 aliphatic rings. The van der Waals surface area contributed by atoms with Gasteiger partial charge >= 0.3 is 0 Å².